The standard InChI is InChI=1S/C10H16OSi/c1-12-8-2-3-9-4-6-10(11)7-5-9/h4-7,11H,2-3,8,12H2,1H3. The van der Waals surface area contributed by atoms with Crippen LogP contribution >= 0.6 is 0 Å². The molecule has 0 fully saturated rings. The van der Waals surface area contributed by atoms with Crippen molar-refractivity contribution in [2.75, 3.05) is 0 Å². The Labute approximate surface area is 76.3 Å². The maximum absolute atomic E-state index is 9.04. The first-order chi connectivity index (χ1) is 5.83. The van der Waals surface area contributed by atoms with E-state index in [1.807, 2.05) is 12.1 Å². The number of aromatic hydroxyl groups is 1. The minimum absolute atomic E-state index is 0.241. The third-order valence-corrected chi connectivity index (χ3v) is 3.21. The van der Waals surface area contributed by atoms with Gasteiger partial charge in [-0.25, -0.2) is 0 Å². The van der Waals surface area contributed by atoms with Gasteiger partial charge in [0.1, 0.15) is 5.75 Å². The molecule has 0 bridgehead atoms. The lowest BCUT2D eigenvalue weighted by atomic mass is 10.1. The molecule has 0 saturated heterocycles. The van der Waals surface area contributed by atoms with E-state index >= 15 is 0 Å². The van der Waals surface area contributed by atoms with Gasteiger partial charge in [0.2, 0.25) is 0 Å². The van der Waals surface area contributed by atoms with Gasteiger partial charge in [0.05, 0.1) is 0 Å². The maximum atomic E-state index is 9.04. The van der Waals surface area contributed by atoms with E-state index in [0.29, 0.717) is 5.75 Å². The molecule has 1 aromatic carbocycles. The summed E-state index contributed by atoms with van der Waals surface area (Å²) in [5, 5.41) is 9.04. The summed E-state index contributed by atoms with van der Waals surface area (Å²) in [7, 11) is 0.241. The smallest absolute Gasteiger partial charge is 0.115 e. The van der Waals surface area contributed by atoms with Crippen LogP contribution in [0.25, 0.3) is 0 Å². The lowest BCUT2D eigenvalue weighted by Gasteiger charge is -1.99. The zero-order valence-electron chi connectivity index (χ0n) is 7.59. The van der Waals surface area contributed by atoms with Gasteiger partial charge in [-0.05, 0) is 24.1 Å². The Hall–Kier alpha value is -0.763. The molecule has 0 aliphatic carbocycles. The number of aryl methyl sites for hydroxylation is 1. The van der Waals surface area contributed by atoms with E-state index in [4.69, 9.17) is 5.11 Å². The van der Waals surface area contributed by atoms with Crippen molar-refractivity contribution in [3.05, 3.63) is 29.8 Å². The molecular formula is C10H16OSi. The van der Waals surface area contributed by atoms with Crippen LogP contribution in [0.1, 0.15) is 12.0 Å². The number of hydrogen-bond acceptors (Lipinski definition) is 1. The van der Waals surface area contributed by atoms with Gasteiger partial charge < -0.3 is 5.11 Å². The van der Waals surface area contributed by atoms with Crippen molar-refractivity contribution in [2.24, 2.45) is 0 Å². The zero-order chi connectivity index (χ0) is 8.81. The first-order valence-corrected chi connectivity index (χ1v) is 7.02. The second-order valence-corrected chi connectivity index (χ2v) is 4.83. The topological polar surface area (TPSA) is 20.2 Å². The van der Waals surface area contributed by atoms with Crippen LogP contribution in [0, 0.1) is 0 Å². The number of hydrogen-bond donors (Lipinski definition) is 1. The molecule has 0 atom stereocenters. The number of benzene rings is 1. The van der Waals surface area contributed by atoms with E-state index in [1.54, 1.807) is 12.1 Å². The summed E-state index contributed by atoms with van der Waals surface area (Å²) in [6.45, 7) is 2.34. The van der Waals surface area contributed by atoms with Gasteiger partial charge in [0.25, 0.3) is 0 Å². The monoisotopic (exact) mass is 180 g/mol. The third kappa shape index (κ3) is 3.09. The van der Waals surface area contributed by atoms with Gasteiger partial charge in [0.15, 0.2) is 0 Å². The molecule has 66 valence electrons. The Kier molecular flexibility index (Phi) is 3.87. The number of phenolic OH excluding ortho intramolecular Hbond substituents is 1. The molecule has 0 heterocycles. The highest BCUT2D eigenvalue weighted by Crippen LogP contribution is 2.11. The van der Waals surface area contributed by atoms with Crippen LogP contribution in [0.4, 0.5) is 0 Å². The van der Waals surface area contributed by atoms with Crippen molar-refractivity contribution in [1.82, 2.24) is 0 Å². The highest BCUT2D eigenvalue weighted by Gasteiger charge is 1.92. The SMILES string of the molecule is C[SiH2]CCCc1ccc(O)cc1. The van der Waals surface area contributed by atoms with Crippen molar-refractivity contribution in [3.63, 3.8) is 0 Å². The Bertz CT molecular complexity index is 218. The molecule has 12 heavy (non-hydrogen) atoms. The summed E-state index contributed by atoms with van der Waals surface area (Å²) >= 11 is 0. The van der Waals surface area contributed by atoms with E-state index in [2.05, 4.69) is 6.55 Å². The van der Waals surface area contributed by atoms with Crippen LogP contribution in [0.2, 0.25) is 12.6 Å². The van der Waals surface area contributed by atoms with Crippen molar-refractivity contribution in [1.29, 1.82) is 0 Å². The van der Waals surface area contributed by atoms with E-state index in [1.165, 1.54) is 24.4 Å². The first-order valence-electron chi connectivity index (χ1n) is 4.61. The van der Waals surface area contributed by atoms with E-state index in [-0.39, 0.29) is 9.52 Å². The highest BCUT2D eigenvalue weighted by molar-refractivity contribution is 6.33. The van der Waals surface area contributed by atoms with Crippen molar-refractivity contribution < 1.29 is 5.11 Å². The molecule has 2 heteroatoms. The van der Waals surface area contributed by atoms with Gasteiger partial charge in [-0.1, -0.05) is 31.1 Å². The molecule has 0 unspecified atom stereocenters. The van der Waals surface area contributed by atoms with Crippen LogP contribution in [-0.4, -0.2) is 14.6 Å². The Morgan fingerprint density at radius 2 is 1.92 bits per heavy atom. The molecule has 0 spiro atoms. The summed E-state index contributed by atoms with van der Waals surface area (Å²) in [6, 6.07) is 8.97. The molecule has 1 N–H and O–H groups in total. The molecule has 1 rings (SSSR count). The van der Waals surface area contributed by atoms with Crippen LogP contribution in [0.15, 0.2) is 24.3 Å². The number of rotatable bonds is 4. The second-order valence-electron chi connectivity index (χ2n) is 3.12. The van der Waals surface area contributed by atoms with E-state index in [0.717, 1.165) is 0 Å². The van der Waals surface area contributed by atoms with E-state index < -0.39 is 0 Å². The van der Waals surface area contributed by atoms with Crippen LogP contribution in [0.5, 0.6) is 5.75 Å². The van der Waals surface area contributed by atoms with Crippen LogP contribution in [0.3, 0.4) is 0 Å². The maximum Gasteiger partial charge on any atom is 0.115 e. The summed E-state index contributed by atoms with van der Waals surface area (Å²) in [5.41, 5.74) is 1.34. The molecule has 0 radical (unpaired) electrons. The average Bonchev–Trinajstić information content (AvgIpc) is 2.09. The lowest BCUT2D eigenvalue weighted by Crippen LogP contribution is -1.87. The predicted octanol–water partition coefficient (Wildman–Crippen LogP) is 1.96. The summed E-state index contributed by atoms with van der Waals surface area (Å²) in [5.74, 6) is 0.364. The molecular weight excluding hydrogens is 164 g/mol. The van der Waals surface area contributed by atoms with Gasteiger partial charge in [-0.15, -0.1) is 0 Å². The zero-order valence-corrected chi connectivity index (χ0v) is 9.00. The first kappa shape index (κ1) is 9.33. The van der Waals surface area contributed by atoms with Crippen molar-refractivity contribution >= 4 is 9.52 Å². The summed E-state index contributed by atoms with van der Waals surface area (Å²) in [6.07, 6.45) is 2.48. The minimum atomic E-state index is 0.241. The molecule has 0 aliphatic rings. The third-order valence-electron chi connectivity index (χ3n) is 2.01. The molecule has 0 saturated carbocycles. The molecule has 1 aromatic rings. The normalized spacial score (nSPS) is 11.1. The number of phenols is 1. The van der Waals surface area contributed by atoms with Gasteiger partial charge in [-0.2, -0.15) is 0 Å². The van der Waals surface area contributed by atoms with E-state index in [9.17, 15) is 0 Å². The van der Waals surface area contributed by atoms with Gasteiger partial charge in [-0.3, -0.25) is 0 Å². The Morgan fingerprint density at radius 3 is 2.50 bits per heavy atom. The highest BCUT2D eigenvalue weighted by atomic mass is 28.2. The summed E-state index contributed by atoms with van der Waals surface area (Å²) < 4.78 is 0. The lowest BCUT2D eigenvalue weighted by molar-refractivity contribution is 0.475. The molecule has 1 nitrogen and oxygen atoms in total. The Morgan fingerprint density at radius 1 is 1.25 bits per heavy atom. The Balaban J connectivity index is 2.37. The predicted molar refractivity (Wildman–Crippen MR) is 55.6 cm³/mol. The fourth-order valence-electron chi connectivity index (χ4n) is 1.24. The molecule has 0 aromatic heterocycles. The van der Waals surface area contributed by atoms with Crippen LogP contribution < -0.4 is 0 Å². The largest absolute Gasteiger partial charge is 0.508 e. The fourth-order valence-corrected chi connectivity index (χ4v) is 1.99. The van der Waals surface area contributed by atoms with Crippen LogP contribution in [-0.2, 0) is 6.42 Å². The van der Waals surface area contributed by atoms with Gasteiger partial charge >= 0.3 is 0 Å². The molecule has 0 amide bonds. The van der Waals surface area contributed by atoms with Crippen molar-refractivity contribution in [3.8, 4) is 5.75 Å². The minimum Gasteiger partial charge on any atom is -0.508 e. The quantitative estimate of drug-likeness (QED) is 0.555. The molecule has 0 aliphatic heterocycles. The van der Waals surface area contributed by atoms with Crippen molar-refractivity contribution in [2.45, 2.75) is 25.4 Å². The fraction of sp³-hybridized carbons (Fsp3) is 0.400. The average molecular weight is 180 g/mol. The summed E-state index contributed by atoms with van der Waals surface area (Å²) in [4.78, 5) is 0. The second kappa shape index (κ2) is 4.98. The van der Waals surface area contributed by atoms with Gasteiger partial charge in [0, 0.05) is 9.52 Å².